The number of hydrogen-bond acceptors (Lipinski definition) is 7. The maximum Gasteiger partial charge on any atom is 0.306 e. The van der Waals surface area contributed by atoms with Gasteiger partial charge in [-0.1, -0.05) is 29.8 Å². The summed E-state index contributed by atoms with van der Waals surface area (Å²) < 4.78 is 24.6. The Labute approximate surface area is 285 Å². The number of ether oxygens (including phenoxy) is 1. The Bertz CT molecular complexity index is 1680. The lowest BCUT2D eigenvalue weighted by Crippen LogP contribution is -2.73. The van der Waals surface area contributed by atoms with E-state index in [0.717, 1.165) is 30.3 Å². The van der Waals surface area contributed by atoms with Gasteiger partial charge in [0, 0.05) is 63.3 Å². The highest BCUT2D eigenvalue weighted by Crippen LogP contribution is 2.39. The molecule has 0 spiro atoms. The second-order valence-electron chi connectivity index (χ2n) is 13.9. The average molecular weight is 682 g/mol. The van der Waals surface area contributed by atoms with E-state index in [4.69, 9.17) is 16.3 Å². The second-order valence-corrected chi connectivity index (χ2v) is 14.3. The number of nitrogens with zero attached hydrogens (tertiary/aromatic N) is 4. The van der Waals surface area contributed by atoms with Gasteiger partial charge in [0.2, 0.25) is 5.85 Å². The molecular weight excluding hydrogens is 637 g/mol. The highest BCUT2D eigenvalue weighted by molar-refractivity contribution is 6.34. The summed E-state index contributed by atoms with van der Waals surface area (Å²) in [6, 6.07) is 10.1. The van der Waals surface area contributed by atoms with E-state index in [2.05, 4.69) is 20.0 Å². The molecule has 1 aromatic heterocycles. The minimum absolute atomic E-state index is 0.120. The molecule has 3 heterocycles. The third-order valence-corrected chi connectivity index (χ3v) is 10.5. The summed E-state index contributed by atoms with van der Waals surface area (Å²) in [6.45, 7) is 3.54. The number of carboxylic acid groups (broad SMARTS) is 1. The van der Waals surface area contributed by atoms with E-state index in [1.807, 2.05) is 50.0 Å². The number of rotatable bonds is 12. The van der Waals surface area contributed by atoms with Crippen molar-refractivity contribution in [2.24, 2.45) is 18.9 Å². The van der Waals surface area contributed by atoms with E-state index in [-0.39, 0.29) is 34.6 Å². The fourth-order valence-corrected chi connectivity index (χ4v) is 7.95. The third-order valence-electron chi connectivity index (χ3n) is 10.1. The molecule has 3 aliphatic rings. The van der Waals surface area contributed by atoms with Crippen molar-refractivity contribution in [1.82, 2.24) is 19.3 Å². The van der Waals surface area contributed by atoms with Gasteiger partial charge in [-0.2, -0.15) is 0 Å². The van der Waals surface area contributed by atoms with E-state index in [1.165, 1.54) is 12.1 Å². The molecule has 1 atom stereocenters. The van der Waals surface area contributed by atoms with Crippen molar-refractivity contribution in [1.29, 1.82) is 0 Å². The first-order valence-corrected chi connectivity index (χ1v) is 17.3. The van der Waals surface area contributed by atoms with Crippen molar-refractivity contribution < 1.29 is 28.6 Å². The second kappa shape index (κ2) is 14.2. The van der Waals surface area contributed by atoms with Crippen LogP contribution in [0.4, 0.5) is 10.1 Å². The first-order valence-electron chi connectivity index (χ1n) is 16.9. The van der Waals surface area contributed by atoms with Crippen molar-refractivity contribution >= 4 is 45.9 Å². The van der Waals surface area contributed by atoms with Gasteiger partial charge in [0.25, 0.3) is 5.91 Å². The molecule has 3 aromatic rings. The van der Waals surface area contributed by atoms with Gasteiger partial charge in [-0.25, -0.2) is 4.39 Å². The van der Waals surface area contributed by atoms with Crippen LogP contribution in [-0.2, 0) is 27.8 Å². The monoisotopic (exact) mass is 681 g/mol. The van der Waals surface area contributed by atoms with Crippen LogP contribution in [0.3, 0.4) is 0 Å². The molecule has 10 nitrogen and oxygen atoms in total. The molecule has 2 aromatic carbocycles. The quantitative estimate of drug-likeness (QED) is 0.268. The van der Waals surface area contributed by atoms with Crippen LogP contribution in [0.2, 0.25) is 5.02 Å². The number of fused-ring (bicyclic) bond motifs is 1. The SMILES string of the molecule is CN(C)CC1CN(C(OC2CCC(C(=O)O)CC2)(C(=O)Cc2cc(Cl)c(NC(=O)c3cn(C)c4ccccc34)cc2F)N2CCCC2)C1. The van der Waals surface area contributed by atoms with Gasteiger partial charge in [-0.3, -0.25) is 24.2 Å². The summed E-state index contributed by atoms with van der Waals surface area (Å²) in [5, 5.41) is 13.2. The number of Topliss-reactive ketones (excluding diaryl/α,β-unsaturated/α-hetero) is 1. The zero-order chi connectivity index (χ0) is 34.2. The maximum atomic E-state index is 15.9. The molecule has 1 saturated carbocycles. The summed E-state index contributed by atoms with van der Waals surface area (Å²) in [7, 11) is 5.91. The summed E-state index contributed by atoms with van der Waals surface area (Å²) >= 11 is 6.64. The fourth-order valence-electron chi connectivity index (χ4n) is 7.72. The normalized spacial score (nSPS) is 22.1. The van der Waals surface area contributed by atoms with Crippen LogP contribution in [0, 0.1) is 17.7 Å². The number of para-hydroxylation sites is 1. The summed E-state index contributed by atoms with van der Waals surface area (Å²) in [5.41, 5.74) is 1.58. The minimum atomic E-state index is -1.39. The van der Waals surface area contributed by atoms with Crippen LogP contribution >= 0.6 is 11.6 Å². The number of carbonyl (C=O) groups is 3. The lowest BCUT2D eigenvalue weighted by atomic mass is 9.87. The molecule has 0 bridgehead atoms. The van der Waals surface area contributed by atoms with Crippen molar-refractivity contribution in [3.8, 4) is 0 Å². The third kappa shape index (κ3) is 6.89. The van der Waals surface area contributed by atoms with Gasteiger partial charge >= 0.3 is 5.97 Å². The number of anilines is 1. The lowest BCUT2D eigenvalue weighted by Gasteiger charge is -2.55. The molecule has 0 radical (unpaired) electrons. The molecule has 3 fully saturated rings. The molecule has 2 N–H and O–H groups in total. The molecular formula is C36H45ClFN5O5. The first-order chi connectivity index (χ1) is 23.0. The first kappa shape index (κ1) is 34.5. The van der Waals surface area contributed by atoms with Gasteiger partial charge in [-0.15, -0.1) is 0 Å². The number of carboxylic acids is 1. The molecule has 6 rings (SSSR count). The molecule has 12 heteroatoms. The number of aliphatic carboxylic acids is 1. The number of aryl methyl sites for hydroxylation is 1. The van der Waals surface area contributed by atoms with E-state index in [1.54, 1.807) is 6.20 Å². The minimum Gasteiger partial charge on any atom is -0.481 e. The predicted molar refractivity (Wildman–Crippen MR) is 183 cm³/mol. The number of benzene rings is 2. The van der Waals surface area contributed by atoms with Gasteiger partial charge in [-0.05, 0) is 82.3 Å². The van der Waals surface area contributed by atoms with Crippen LogP contribution < -0.4 is 5.32 Å². The van der Waals surface area contributed by atoms with E-state index in [9.17, 15) is 19.5 Å². The van der Waals surface area contributed by atoms with E-state index in [0.29, 0.717) is 63.3 Å². The predicted octanol–water partition coefficient (Wildman–Crippen LogP) is 5.24. The van der Waals surface area contributed by atoms with E-state index >= 15 is 4.39 Å². The average Bonchev–Trinajstić information content (AvgIpc) is 3.69. The largest absolute Gasteiger partial charge is 0.481 e. The number of aromatic nitrogens is 1. The number of hydrogen-bond donors (Lipinski definition) is 2. The van der Waals surface area contributed by atoms with Crippen LogP contribution in [0.1, 0.15) is 54.4 Å². The topological polar surface area (TPSA) is 107 Å². The van der Waals surface area contributed by atoms with Crippen LogP contribution in [0.25, 0.3) is 10.9 Å². The molecule has 48 heavy (non-hydrogen) atoms. The number of amides is 1. The number of likely N-dealkylation sites (tertiary alicyclic amines) is 2. The van der Waals surface area contributed by atoms with Gasteiger partial charge in [0.05, 0.1) is 28.3 Å². The molecule has 258 valence electrons. The molecule has 1 amide bonds. The molecule has 1 unspecified atom stereocenters. The summed E-state index contributed by atoms with van der Waals surface area (Å²) in [4.78, 5) is 45.9. The van der Waals surface area contributed by atoms with Crippen molar-refractivity contribution in [2.45, 2.75) is 56.9 Å². The van der Waals surface area contributed by atoms with Gasteiger partial charge < -0.3 is 24.6 Å². The summed E-state index contributed by atoms with van der Waals surface area (Å²) in [6.07, 6.45) is 5.09. The van der Waals surface area contributed by atoms with Gasteiger partial charge in [0.15, 0.2) is 5.78 Å². The van der Waals surface area contributed by atoms with Crippen molar-refractivity contribution in [3.63, 3.8) is 0 Å². The number of carbonyl (C=O) groups excluding carboxylic acids is 2. The Morgan fingerprint density at radius 2 is 1.75 bits per heavy atom. The lowest BCUT2D eigenvalue weighted by molar-refractivity contribution is -0.276. The number of nitrogens with one attached hydrogen (secondary N) is 1. The number of halogens is 2. The van der Waals surface area contributed by atoms with Crippen LogP contribution in [-0.4, -0.2) is 101 Å². The Morgan fingerprint density at radius 1 is 1.06 bits per heavy atom. The Kier molecular flexibility index (Phi) is 10.2. The smallest absolute Gasteiger partial charge is 0.306 e. The number of ketones is 1. The van der Waals surface area contributed by atoms with Crippen molar-refractivity contribution in [3.05, 3.63) is 64.6 Å². The fraction of sp³-hybridized carbons (Fsp3) is 0.528. The standard InChI is InChI=1S/C36H45ClFN5O5/c1-40(2)19-23-20-43(21-23)36(42-14-6-7-15-42,48-26-12-10-24(11-13-26)35(46)47)33(44)17-25-16-29(37)31(18-30(25)38)39-34(45)28-22-41(3)32-9-5-4-8-27(28)32/h4-5,8-9,16,18,22-24,26H,6-7,10-15,17,19-21H2,1-3H3,(H,39,45)(H,46,47). The highest BCUT2D eigenvalue weighted by Gasteiger charge is 2.56. The Morgan fingerprint density at radius 3 is 2.42 bits per heavy atom. The Balaban J connectivity index is 1.26. The molecule has 2 saturated heterocycles. The van der Waals surface area contributed by atoms with Crippen LogP contribution in [0.5, 0.6) is 0 Å². The van der Waals surface area contributed by atoms with Gasteiger partial charge in [0.1, 0.15) is 5.82 Å². The summed E-state index contributed by atoms with van der Waals surface area (Å²) in [5.74, 6) is -3.57. The zero-order valence-corrected chi connectivity index (χ0v) is 28.6. The van der Waals surface area contributed by atoms with Crippen LogP contribution in [0.15, 0.2) is 42.6 Å². The van der Waals surface area contributed by atoms with E-state index < -0.39 is 29.5 Å². The zero-order valence-electron chi connectivity index (χ0n) is 27.9. The maximum absolute atomic E-state index is 15.9. The van der Waals surface area contributed by atoms with Crippen molar-refractivity contribution in [2.75, 3.05) is 52.1 Å². The molecule has 2 aliphatic heterocycles. The Hall–Kier alpha value is -3.35. The highest BCUT2D eigenvalue weighted by atomic mass is 35.5. The molecule has 1 aliphatic carbocycles.